The highest BCUT2D eigenvalue weighted by atomic mass is 16.3. The van der Waals surface area contributed by atoms with Crippen molar-refractivity contribution in [3.05, 3.63) is 0 Å². The highest BCUT2D eigenvalue weighted by Crippen LogP contribution is 2.33. The molecule has 0 aromatic carbocycles. The fraction of sp³-hybridized carbons (Fsp3) is 0.917. The minimum absolute atomic E-state index is 0.236. The molecule has 2 N–H and O–H groups in total. The molecule has 3 atom stereocenters. The third-order valence-electron chi connectivity index (χ3n) is 3.51. The zero-order chi connectivity index (χ0) is 11.4. The van der Waals surface area contributed by atoms with E-state index in [2.05, 4.69) is 26.1 Å². The van der Waals surface area contributed by atoms with Crippen LogP contribution in [0, 0.1) is 17.8 Å². The van der Waals surface area contributed by atoms with E-state index in [1.807, 2.05) is 0 Å². The Morgan fingerprint density at radius 2 is 2.13 bits per heavy atom. The molecule has 0 saturated heterocycles. The highest BCUT2D eigenvalue weighted by Gasteiger charge is 2.31. The van der Waals surface area contributed by atoms with Gasteiger partial charge in [-0.3, -0.25) is 4.79 Å². The molecular weight excluding hydrogens is 190 g/mol. The van der Waals surface area contributed by atoms with Gasteiger partial charge in [-0.15, -0.1) is 0 Å². The number of hydrogen-bond acceptors (Lipinski definition) is 2. The van der Waals surface area contributed by atoms with Crippen LogP contribution >= 0.6 is 0 Å². The number of carbonyl (C=O) groups excluding carboxylic acids is 1. The lowest BCUT2D eigenvalue weighted by atomic mass is 9.74. The fourth-order valence-electron chi connectivity index (χ4n) is 2.62. The van der Waals surface area contributed by atoms with E-state index < -0.39 is 6.61 Å². The first-order chi connectivity index (χ1) is 7.04. The molecule has 1 amide bonds. The van der Waals surface area contributed by atoms with Gasteiger partial charge < -0.3 is 10.4 Å². The van der Waals surface area contributed by atoms with Crippen molar-refractivity contribution in [3.8, 4) is 0 Å². The lowest BCUT2D eigenvalue weighted by molar-refractivity contribution is -0.125. The molecule has 0 aromatic rings. The van der Waals surface area contributed by atoms with Crippen LogP contribution in [0.5, 0.6) is 0 Å². The normalized spacial score (nSPS) is 31.7. The fourth-order valence-corrected chi connectivity index (χ4v) is 2.62. The second-order valence-electron chi connectivity index (χ2n) is 5.16. The summed E-state index contributed by atoms with van der Waals surface area (Å²) in [5.41, 5.74) is 0. The molecule has 1 rings (SSSR count). The zero-order valence-electron chi connectivity index (χ0n) is 9.99. The maximum absolute atomic E-state index is 11.2. The maximum Gasteiger partial charge on any atom is 0.245 e. The van der Waals surface area contributed by atoms with Crippen molar-refractivity contribution in [2.75, 3.05) is 6.61 Å². The summed E-state index contributed by atoms with van der Waals surface area (Å²) >= 11 is 0. The van der Waals surface area contributed by atoms with Crippen molar-refractivity contribution in [2.24, 2.45) is 17.8 Å². The van der Waals surface area contributed by atoms with Crippen LogP contribution in [0.25, 0.3) is 0 Å². The number of rotatable bonds is 3. The average Bonchev–Trinajstić information content (AvgIpc) is 2.17. The summed E-state index contributed by atoms with van der Waals surface area (Å²) < 4.78 is 0. The number of hydrogen-bond donors (Lipinski definition) is 2. The van der Waals surface area contributed by atoms with Gasteiger partial charge in [0.1, 0.15) is 6.61 Å². The summed E-state index contributed by atoms with van der Waals surface area (Å²) in [5, 5.41) is 11.7. The Morgan fingerprint density at radius 1 is 1.47 bits per heavy atom. The molecule has 3 heteroatoms. The van der Waals surface area contributed by atoms with Crippen LogP contribution in [0.4, 0.5) is 0 Å². The van der Waals surface area contributed by atoms with Crippen LogP contribution in [0.1, 0.15) is 40.0 Å². The molecule has 1 saturated carbocycles. The van der Waals surface area contributed by atoms with Crippen molar-refractivity contribution >= 4 is 5.91 Å². The molecule has 0 spiro atoms. The second kappa shape index (κ2) is 5.50. The quantitative estimate of drug-likeness (QED) is 0.747. The van der Waals surface area contributed by atoms with Crippen molar-refractivity contribution < 1.29 is 9.90 Å². The van der Waals surface area contributed by atoms with Crippen molar-refractivity contribution in [2.45, 2.75) is 46.1 Å². The Balaban J connectivity index is 2.57. The summed E-state index contributed by atoms with van der Waals surface area (Å²) in [6.07, 6.45) is 3.50. The predicted molar refractivity (Wildman–Crippen MR) is 60.4 cm³/mol. The van der Waals surface area contributed by atoms with Gasteiger partial charge in [-0.05, 0) is 30.6 Å². The summed E-state index contributed by atoms with van der Waals surface area (Å²) in [7, 11) is 0. The van der Waals surface area contributed by atoms with Crippen LogP contribution in [0.15, 0.2) is 0 Å². The molecule has 0 aromatic heterocycles. The standard InChI is InChI=1S/C12H23NO2/c1-8(2)10-5-4-9(3)6-11(10)13-12(15)7-14/h8-11,14H,4-7H2,1-3H3,(H,13,15)/t9-,10+,11+/m1/s1. The molecule has 0 unspecified atom stereocenters. The van der Waals surface area contributed by atoms with Crippen LogP contribution < -0.4 is 5.32 Å². The number of aliphatic hydroxyl groups excluding tert-OH is 1. The molecule has 0 bridgehead atoms. The Hall–Kier alpha value is -0.570. The van der Waals surface area contributed by atoms with Gasteiger partial charge in [0, 0.05) is 6.04 Å². The third-order valence-corrected chi connectivity index (χ3v) is 3.51. The van der Waals surface area contributed by atoms with Gasteiger partial charge >= 0.3 is 0 Å². The van der Waals surface area contributed by atoms with Gasteiger partial charge in [0.2, 0.25) is 5.91 Å². The highest BCUT2D eigenvalue weighted by molar-refractivity contribution is 5.77. The second-order valence-corrected chi connectivity index (χ2v) is 5.16. The molecular formula is C12H23NO2. The first kappa shape index (κ1) is 12.5. The van der Waals surface area contributed by atoms with Crippen molar-refractivity contribution in [1.29, 1.82) is 0 Å². The number of aliphatic hydroxyl groups is 1. The number of amides is 1. The summed E-state index contributed by atoms with van der Waals surface area (Å²) in [6.45, 7) is 6.25. The maximum atomic E-state index is 11.2. The Labute approximate surface area is 92.3 Å². The van der Waals surface area contributed by atoms with E-state index in [1.165, 1.54) is 12.8 Å². The lowest BCUT2D eigenvalue weighted by Crippen LogP contribution is -2.46. The Morgan fingerprint density at radius 3 is 2.67 bits per heavy atom. The van der Waals surface area contributed by atoms with Crippen molar-refractivity contribution in [1.82, 2.24) is 5.32 Å². The smallest absolute Gasteiger partial charge is 0.245 e. The monoisotopic (exact) mass is 213 g/mol. The summed E-state index contributed by atoms with van der Waals surface area (Å²) in [4.78, 5) is 11.2. The summed E-state index contributed by atoms with van der Waals surface area (Å²) in [5.74, 6) is 1.61. The SMILES string of the molecule is CC(C)[C@@H]1CC[C@@H](C)C[C@@H]1NC(=O)CO. The van der Waals surface area contributed by atoms with E-state index in [1.54, 1.807) is 0 Å². The van der Waals surface area contributed by atoms with Crippen molar-refractivity contribution in [3.63, 3.8) is 0 Å². The van der Waals surface area contributed by atoms with Gasteiger partial charge in [-0.2, -0.15) is 0 Å². The van der Waals surface area contributed by atoms with E-state index in [-0.39, 0.29) is 11.9 Å². The van der Waals surface area contributed by atoms with Crippen LogP contribution in [-0.2, 0) is 4.79 Å². The molecule has 0 heterocycles. The van der Waals surface area contributed by atoms with E-state index in [0.717, 1.165) is 6.42 Å². The first-order valence-electron chi connectivity index (χ1n) is 5.94. The van der Waals surface area contributed by atoms with Gasteiger partial charge in [0.15, 0.2) is 0 Å². The van der Waals surface area contributed by atoms with Crippen LogP contribution in [0.2, 0.25) is 0 Å². The number of carbonyl (C=O) groups is 1. The van der Waals surface area contributed by atoms with E-state index >= 15 is 0 Å². The summed E-state index contributed by atoms with van der Waals surface area (Å²) in [6, 6.07) is 0.258. The largest absolute Gasteiger partial charge is 0.387 e. The van der Waals surface area contributed by atoms with Gasteiger partial charge in [0.25, 0.3) is 0 Å². The van der Waals surface area contributed by atoms with Gasteiger partial charge in [-0.1, -0.05) is 27.2 Å². The molecule has 15 heavy (non-hydrogen) atoms. The number of nitrogens with one attached hydrogen (secondary N) is 1. The molecule has 1 aliphatic carbocycles. The molecule has 1 aliphatic rings. The third kappa shape index (κ3) is 3.49. The predicted octanol–water partition coefficient (Wildman–Crippen LogP) is 1.56. The Kier molecular flexibility index (Phi) is 4.58. The van der Waals surface area contributed by atoms with E-state index in [4.69, 9.17) is 5.11 Å². The average molecular weight is 213 g/mol. The minimum Gasteiger partial charge on any atom is -0.387 e. The lowest BCUT2D eigenvalue weighted by Gasteiger charge is -2.37. The molecule has 1 fully saturated rings. The molecule has 0 radical (unpaired) electrons. The van der Waals surface area contributed by atoms with E-state index in [0.29, 0.717) is 17.8 Å². The minimum atomic E-state index is -0.393. The van der Waals surface area contributed by atoms with E-state index in [9.17, 15) is 4.79 Å². The van der Waals surface area contributed by atoms with Gasteiger partial charge in [-0.25, -0.2) is 0 Å². The zero-order valence-corrected chi connectivity index (χ0v) is 9.99. The molecule has 88 valence electrons. The topological polar surface area (TPSA) is 49.3 Å². The molecule has 0 aliphatic heterocycles. The van der Waals surface area contributed by atoms with Crippen LogP contribution in [-0.4, -0.2) is 23.7 Å². The first-order valence-corrected chi connectivity index (χ1v) is 5.94. The molecule has 3 nitrogen and oxygen atoms in total. The Bertz CT molecular complexity index is 216. The van der Waals surface area contributed by atoms with Crippen LogP contribution in [0.3, 0.4) is 0 Å². The van der Waals surface area contributed by atoms with Gasteiger partial charge in [0.05, 0.1) is 0 Å².